The summed E-state index contributed by atoms with van der Waals surface area (Å²) < 4.78 is 0. The molecule has 1 heterocycles. The van der Waals surface area contributed by atoms with Gasteiger partial charge in [-0.05, 0) is 43.4 Å². The average Bonchev–Trinajstić information content (AvgIpc) is 3.04. The Bertz CT molecular complexity index is 713. The van der Waals surface area contributed by atoms with Crippen molar-refractivity contribution in [1.82, 2.24) is 0 Å². The highest BCUT2D eigenvalue weighted by Crippen LogP contribution is 2.38. The van der Waals surface area contributed by atoms with Crippen LogP contribution in [-0.2, 0) is 11.2 Å². The van der Waals surface area contributed by atoms with Gasteiger partial charge < -0.3 is 10.2 Å². The van der Waals surface area contributed by atoms with Crippen molar-refractivity contribution >= 4 is 17.3 Å². The third kappa shape index (κ3) is 2.91. The van der Waals surface area contributed by atoms with Crippen LogP contribution in [0.3, 0.4) is 0 Å². The number of benzene rings is 2. The predicted molar refractivity (Wildman–Crippen MR) is 98.3 cm³/mol. The Morgan fingerprint density at radius 1 is 1.00 bits per heavy atom. The molecule has 3 nitrogen and oxygen atoms in total. The van der Waals surface area contributed by atoms with Crippen molar-refractivity contribution < 1.29 is 4.79 Å². The first-order valence-corrected chi connectivity index (χ1v) is 9.04. The van der Waals surface area contributed by atoms with Gasteiger partial charge in [-0.2, -0.15) is 0 Å². The SMILES string of the molecule is O=C1[C@H]2CCC[C@H]2Nc2ccccc2N1CCCc1ccccc1. The van der Waals surface area contributed by atoms with Gasteiger partial charge in [0, 0.05) is 12.6 Å². The van der Waals surface area contributed by atoms with Crippen molar-refractivity contribution in [3.63, 3.8) is 0 Å². The number of hydrogen-bond acceptors (Lipinski definition) is 2. The third-order valence-corrected chi connectivity index (χ3v) is 5.32. The minimum absolute atomic E-state index is 0.133. The first kappa shape index (κ1) is 15.3. The van der Waals surface area contributed by atoms with Crippen molar-refractivity contribution in [3.8, 4) is 0 Å². The second-order valence-corrected chi connectivity index (χ2v) is 6.88. The summed E-state index contributed by atoms with van der Waals surface area (Å²) in [5, 5.41) is 3.63. The summed E-state index contributed by atoms with van der Waals surface area (Å²) in [6.07, 6.45) is 5.26. The zero-order chi connectivity index (χ0) is 16.4. The molecule has 0 radical (unpaired) electrons. The Morgan fingerprint density at radius 3 is 2.67 bits per heavy atom. The molecule has 1 aliphatic carbocycles. The van der Waals surface area contributed by atoms with Gasteiger partial charge in [-0.25, -0.2) is 0 Å². The molecule has 0 bridgehead atoms. The van der Waals surface area contributed by atoms with Gasteiger partial charge in [0.25, 0.3) is 0 Å². The van der Waals surface area contributed by atoms with Crippen LogP contribution in [0.2, 0.25) is 0 Å². The van der Waals surface area contributed by atoms with Gasteiger partial charge in [0.15, 0.2) is 0 Å². The lowest BCUT2D eigenvalue weighted by Gasteiger charge is -2.25. The van der Waals surface area contributed by atoms with Crippen LogP contribution in [-0.4, -0.2) is 18.5 Å². The van der Waals surface area contributed by atoms with E-state index in [9.17, 15) is 4.79 Å². The molecule has 0 unspecified atom stereocenters. The van der Waals surface area contributed by atoms with Gasteiger partial charge >= 0.3 is 0 Å². The number of aryl methyl sites for hydroxylation is 1. The maximum absolute atomic E-state index is 13.1. The van der Waals surface area contributed by atoms with E-state index in [1.807, 2.05) is 23.1 Å². The van der Waals surface area contributed by atoms with Gasteiger partial charge in [-0.1, -0.05) is 48.9 Å². The Morgan fingerprint density at radius 2 is 1.79 bits per heavy atom. The highest BCUT2D eigenvalue weighted by molar-refractivity contribution is 6.00. The van der Waals surface area contributed by atoms with E-state index in [4.69, 9.17) is 0 Å². The number of carbonyl (C=O) groups excluding carboxylic acids is 1. The van der Waals surface area contributed by atoms with Crippen LogP contribution in [0, 0.1) is 5.92 Å². The molecule has 1 fully saturated rings. The summed E-state index contributed by atoms with van der Waals surface area (Å²) in [6.45, 7) is 0.787. The molecule has 0 spiro atoms. The van der Waals surface area contributed by atoms with E-state index >= 15 is 0 Å². The molecule has 4 rings (SSSR count). The summed E-state index contributed by atoms with van der Waals surface area (Å²) in [5.41, 5.74) is 3.50. The van der Waals surface area contributed by atoms with Crippen LogP contribution in [0.15, 0.2) is 54.6 Å². The number of anilines is 2. The minimum atomic E-state index is 0.133. The van der Waals surface area contributed by atoms with E-state index in [0.29, 0.717) is 11.9 Å². The Balaban J connectivity index is 1.54. The topological polar surface area (TPSA) is 32.3 Å². The lowest BCUT2D eigenvalue weighted by Crippen LogP contribution is -2.39. The highest BCUT2D eigenvalue weighted by Gasteiger charge is 2.39. The van der Waals surface area contributed by atoms with Crippen LogP contribution < -0.4 is 10.2 Å². The molecule has 24 heavy (non-hydrogen) atoms. The molecule has 3 heteroatoms. The molecule has 2 atom stereocenters. The van der Waals surface area contributed by atoms with E-state index < -0.39 is 0 Å². The van der Waals surface area contributed by atoms with Crippen LogP contribution >= 0.6 is 0 Å². The molecule has 1 amide bonds. The molecule has 1 N–H and O–H groups in total. The molecule has 1 aliphatic heterocycles. The normalized spacial score (nSPS) is 22.5. The van der Waals surface area contributed by atoms with Gasteiger partial charge in [-0.15, -0.1) is 0 Å². The van der Waals surface area contributed by atoms with Crippen molar-refractivity contribution in [2.45, 2.75) is 38.1 Å². The van der Waals surface area contributed by atoms with E-state index in [-0.39, 0.29) is 5.92 Å². The van der Waals surface area contributed by atoms with Crippen LogP contribution in [0.5, 0.6) is 0 Å². The number of carbonyl (C=O) groups is 1. The summed E-state index contributed by atoms with van der Waals surface area (Å²) in [5.74, 6) is 0.442. The van der Waals surface area contributed by atoms with Gasteiger partial charge in [-0.3, -0.25) is 4.79 Å². The fraction of sp³-hybridized carbons (Fsp3) is 0.381. The predicted octanol–water partition coefficient (Wildman–Crippen LogP) is 4.25. The molecule has 124 valence electrons. The minimum Gasteiger partial charge on any atom is -0.380 e. The summed E-state index contributed by atoms with van der Waals surface area (Å²) in [7, 11) is 0. The van der Waals surface area contributed by atoms with E-state index in [0.717, 1.165) is 50.0 Å². The molecule has 2 aromatic rings. The monoisotopic (exact) mass is 320 g/mol. The van der Waals surface area contributed by atoms with Crippen LogP contribution in [0.4, 0.5) is 11.4 Å². The maximum atomic E-state index is 13.1. The lowest BCUT2D eigenvalue weighted by atomic mass is 10.0. The fourth-order valence-corrected chi connectivity index (χ4v) is 4.09. The average molecular weight is 320 g/mol. The molecular weight excluding hydrogens is 296 g/mol. The number of nitrogens with zero attached hydrogens (tertiary/aromatic N) is 1. The van der Waals surface area contributed by atoms with Crippen LogP contribution in [0.1, 0.15) is 31.2 Å². The standard InChI is InChI=1S/C21H24N2O/c24-21-17-11-6-13-18(17)22-19-12-4-5-14-20(19)23(21)15-7-10-16-8-2-1-3-9-16/h1-5,8-9,12,14,17-18,22H,6-7,10-11,13,15H2/t17-,18+/m0/s1. The first-order valence-electron chi connectivity index (χ1n) is 9.04. The largest absolute Gasteiger partial charge is 0.380 e. The third-order valence-electron chi connectivity index (χ3n) is 5.32. The van der Waals surface area contributed by atoms with E-state index in [2.05, 4.69) is 41.7 Å². The summed E-state index contributed by atoms with van der Waals surface area (Å²) >= 11 is 0. The van der Waals surface area contributed by atoms with Crippen LogP contribution in [0.25, 0.3) is 0 Å². The highest BCUT2D eigenvalue weighted by atomic mass is 16.2. The lowest BCUT2D eigenvalue weighted by molar-refractivity contribution is -0.122. The molecular formula is C21H24N2O. The van der Waals surface area contributed by atoms with Crippen molar-refractivity contribution in [2.75, 3.05) is 16.8 Å². The number of fused-ring (bicyclic) bond motifs is 2. The number of rotatable bonds is 4. The van der Waals surface area contributed by atoms with Crippen molar-refractivity contribution in [3.05, 3.63) is 60.2 Å². The summed E-state index contributed by atoms with van der Waals surface area (Å²) in [4.78, 5) is 15.1. The molecule has 0 aromatic heterocycles. The molecule has 2 aromatic carbocycles. The molecule has 0 saturated heterocycles. The van der Waals surface area contributed by atoms with Crippen molar-refractivity contribution in [2.24, 2.45) is 5.92 Å². The molecule has 2 aliphatic rings. The zero-order valence-electron chi connectivity index (χ0n) is 13.9. The summed E-state index contributed by atoms with van der Waals surface area (Å²) in [6, 6.07) is 19.1. The molecule has 1 saturated carbocycles. The Labute approximate surface area is 143 Å². The smallest absolute Gasteiger partial charge is 0.232 e. The first-order chi connectivity index (χ1) is 11.8. The number of nitrogens with one attached hydrogen (secondary N) is 1. The van der Waals surface area contributed by atoms with Gasteiger partial charge in [0.1, 0.15) is 0 Å². The van der Waals surface area contributed by atoms with Crippen molar-refractivity contribution in [1.29, 1.82) is 0 Å². The second kappa shape index (κ2) is 6.68. The number of hydrogen-bond donors (Lipinski definition) is 1. The second-order valence-electron chi connectivity index (χ2n) is 6.88. The zero-order valence-corrected chi connectivity index (χ0v) is 13.9. The number of amides is 1. The maximum Gasteiger partial charge on any atom is 0.232 e. The Hall–Kier alpha value is -2.29. The fourth-order valence-electron chi connectivity index (χ4n) is 4.09. The van der Waals surface area contributed by atoms with E-state index in [1.54, 1.807) is 0 Å². The number of para-hydroxylation sites is 2. The van der Waals surface area contributed by atoms with Gasteiger partial charge in [0.05, 0.1) is 17.3 Å². The Kier molecular flexibility index (Phi) is 4.24. The van der Waals surface area contributed by atoms with Gasteiger partial charge in [0.2, 0.25) is 5.91 Å². The van der Waals surface area contributed by atoms with E-state index in [1.165, 1.54) is 5.56 Å². The quantitative estimate of drug-likeness (QED) is 0.913.